The van der Waals surface area contributed by atoms with E-state index in [9.17, 15) is 4.79 Å². The number of rotatable bonds is 6. The van der Waals surface area contributed by atoms with E-state index < -0.39 is 0 Å². The van der Waals surface area contributed by atoms with Crippen molar-refractivity contribution in [1.29, 1.82) is 0 Å². The molecule has 0 saturated carbocycles. The molecule has 1 aromatic carbocycles. The molecule has 4 nitrogen and oxygen atoms in total. The number of benzene rings is 1. The van der Waals surface area contributed by atoms with Gasteiger partial charge in [-0.25, -0.2) is 0 Å². The van der Waals surface area contributed by atoms with E-state index in [1.165, 1.54) is 6.42 Å². The summed E-state index contributed by atoms with van der Waals surface area (Å²) in [7, 11) is 1.67. The molecule has 5 heteroatoms. The minimum Gasteiger partial charge on any atom is -0.383 e. The second kappa shape index (κ2) is 7.95. The van der Waals surface area contributed by atoms with Crippen molar-refractivity contribution in [2.75, 3.05) is 33.4 Å². The van der Waals surface area contributed by atoms with E-state index in [0.29, 0.717) is 19.2 Å². The average Bonchev–Trinajstić information content (AvgIpc) is 2.96. The van der Waals surface area contributed by atoms with Crippen LogP contribution in [0.1, 0.15) is 23.2 Å². The Morgan fingerprint density at radius 3 is 2.80 bits per heavy atom. The lowest BCUT2D eigenvalue weighted by atomic mass is 10.1. The molecule has 0 aliphatic carbocycles. The van der Waals surface area contributed by atoms with Crippen LogP contribution in [-0.2, 0) is 4.74 Å². The van der Waals surface area contributed by atoms with Crippen molar-refractivity contribution < 1.29 is 9.53 Å². The molecule has 1 aliphatic rings. The van der Waals surface area contributed by atoms with Gasteiger partial charge in [-0.15, -0.1) is 0 Å². The summed E-state index contributed by atoms with van der Waals surface area (Å²) in [5.74, 6) is 0.0900. The number of halogens is 1. The highest BCUT2D eigenvalue weighted by Gasteiger charge is 2.22. The van der Waals surface area contributed by atoms with Gasteiger partial charge in [0.05, 0.1) is 6.61 Å². The molecule has 1 atom stereocenters. The molecule has 1 unspecified atom stereocenters. The Balaban J connectivity index is 2.03. The van der Waals surface area contributed by atoms with Gasteiger partial charge in [-0.2, -0.15) is 0 Å². The van der Waals surface area contributed by atoms with Crippen molar-refractivity contribution in [2.45, 2.75) is 18.9 Å². The Kier molecular flexibility index (Phi) is 6.25. The summed E-state index contributed by atoms with van der Waals surface area (Å²) < 4.78 is 6.27. The molecule has 1 aromatic rings. The van der Waals surface area contributed by atoms with Crippen molar-refractivity contribution in [3.05, 3.63) is 33.4 Å². The number of hydrogen-bond donors (Lipinski definition) is 1. The van der Waals surface area contributed by atoms with E-state index in [4.69, 9.17) is 4.74 Å². The van der Waals surface area contributed by atoms with Crippen LogP contribution in [0.25, 0.3) is 0 Å². The lowest BCUT2D eigenvalue weighted by Gasteiger charge is -2.25. The van der Waals surface area contributed by atoms with Gasteiger partial charge in [0, 0.05) is 35.4 Å². The molecular weight excluding hydrogens is 367 g/mol. The van der Waals surface area contributed by atoms with Crippen LogP contribution in [0, 0.1) is 3.57 Å². The first-order valence-corrected chi connectivity index (χ1v) is 8.05. The molecule has 1 amide bonds. The van der Waals surface area contributed by atoms with Crippen molar-refractivity contribution in [1.82, 2.24) is 10.2 Å². The molecule has 0 radical (unpaired) electrons. The zero-order valence-corrected chi connectivity index (χ0v) is 13.9. The number of ether oxygens (including phenoxy) is 1. The van der Waals surface area contributed by atoms with E-state index in [1.54, 1.807) is 7.11 Å². The lowest BCUT2D eigenvalue weighted by molar-refractivity contribution is 0.0679. The van der Waals surface area contributed by atoms with Gasteiger partial charge >= 0.3 is 0 Å². The Hall–Kier alpha value is -0.660. The number of nitrogens with one attached hydrogen (secondary N) is 1. The van der Waals surface area contributed by atoms with Crippen LogP contribution < -0.4 is 5.32 Å². The minimum atomic E-state index is 0.0900. The third kappa shape index (κ3) is 4.43. The maximum Gasteiger partial charge on any atom is 0.253 e. The fourth-order valence-corrected chi connectivity index (χ4v) is 2.79. The third-order valence-electron chi connectivity index (χ3n) is 3.55. The molecule has 0 bridgehead atoms. The summed E-state index contributed by atoms with van der Waals surface area (Å²) in [5.41, 5.74) is 0.750. The predicted octanol–water partition coefficient (Wildman–Crippen LogP) is 2.13. The molecule has 0 spiro atoms. The Morgan fingerprint density at radius 1 is 1.45 bits per heavy atom. The first kappa shape index (κ1) is 15.7. The average molecular weight is 388 g/mol. The van der Waals surface area contributed by atoms with E-state index in [2.05, 4.69) is 27.9 Å². The highest BCUT2D eigenvalue weighted by molar-refractivity contribution is 14.1. The third-order valence-corrected chi connectivity index (χ3v) is 4.27. The SMILES string of the molecule is COCCN(CC1CCCN1)C(=O)c1ccc(I)cc1. The molecule has 110 valence electrons. The summed E-state index contributed by atoms with van der Waals surface area (Å²) in [6.07, 6.45) is 2.34. The van der Waals surface area contributed by atoms with Crippen LogP contribution in [0.15, 0.2) is 24.3 Å². The number of methoxy groups -OCH3 is 1. The van der Waals surface area contributed by atoms with Crippen molar-refractivity contribution in [2.24, 2.45) is 0 Å². The topological polar surface area (TPSA) is 41.6 Å². The molecular formula is C15H21IN2O2. The summed E-state index contributed by atoms with van der Waals surface area (Å²) in [6.45, 7) is 3.02. The Morgan fingerprint density at radius 2 is 2.20 bits per heavy atom. The van der Waals surface area contributed by atoms with Gasteiger partial charge in [0.1, 0.15) is 0 Å². The second-order valence-electron chi connectivity index (χ2n) is 5.04. The summed E-state index contributed by atoms with van der Waals surface area (Å²) in [6, 6.07) is 8.14. The maximum atomic E-state index is 12.6. The van der Waals surface area contributed by atoms with Crippen LogP contribution in [0.5, 0.6) is 0 Å². The minimum absolute atomic E-state index is 0.0900. The monoisotopic (exact) mass is 388 g/mol. The number of carbonyl (C=O) groups excluding carboxylic acids is 1. The fourth-order valence-electron chi connectivity index (χ4n) is 2.43. The predicted molar refractivity (Wildman–Crippen MR) is 88.0 cm³/mol. The van der Waals surface area contributed by atoms with Crippen LogP contribution in [0.2, 0.25) is 0 Å². The first-order chi connectivity index (χ1) is 9.70. The molecule has 2 rings (SSSR count). The van der Waals surface area contributed by atoms with Crippen molar-refractivity contribution in [3.8, 4) is 0 Å². The van der Waals surface area contributed by atoms with E-state index in [0.717, 1.165) is 28.6 Å². The van der Waals surface area contributed by atoms with E-state index in [-0.39, 0.29) is 5.91 Å². The molecule has 1 N–H and O–H groups in total. The van der Waals surface area contributed by atoms with Gasteiger partial charge < -0.3 is 15.0 Å². The number of nitrogens with zero attached hydrogens (tertiary/aromatic N) is 1. The number of amides is 1. The Bertz CT molecular complexity index is 430. The van der Waals surface area contributed by atoms with Gasteiger partial charge in [0.25, 0.3) is 5.91 Å². The summed E-state index contributed by atoms with van der Waals surface area (Å²) in [4.78, 5) is 14.5. The van der Waals surface area contributed by atoms with Crippen LogP contribution in [0.4, 0.5) is 0 Å². The quantitative estimate of drug-likeness (QED) is 0.760. The largest absolute Gasteiger partial charge is 0.383 e. The molecule has 1 aliphatic heterocycles. The molecule has 1 saturated heterocycles. The number of hydrogen-bond acceptors (Lipinski definition) is 3. The van der Waals surface area contributed by atoms with E-state index in [1.807, 2.05) is 29.2 Å². The number of carbonyl (C=O) groups is 1. The normalized spacial score (nSPS) is 18.2. The highest BCUT2D eigenvalue weighted by Crippen LogP contribution is 2.12. The summed E-state index contributed by atoms with van der Waals surface area (Å²) in [5, 5.41) is 3.44. The molecule has 1 heterocycles. The van der Waals surface area contributed by atoms with Crippen LogP contribution in [0.3, 0.4) is 0 Å². The van der Waals surface area contributed by atoms with Crippen molar-refractivity contribution >= 4 is 28.5 Å². The van der Waals surface area contributed by atoms with Crippen LogP contribution in [-0.4, -0.2) is 50.2 Å². The van der Waals surface area contributed by atoms with Gasteiger partial charge in [-0.05, 0) is 66.2 Å². The molecule has 1 fully saturated rings. The second-order valence-corrected chi connectivity index (χ2v) is 6.29. The van der Waals surface area contributed by atoms with Crippen LogP contribution >= 0.6 is 22.6 Å². The highest BCUT2D eigenvalue weighted by atomic mass is 127. The fraction of sp³-hybridized carbons (Fsp3) is 0.533. The molecule has 0 aromatic heterocycles. The van der Waals surface area contributed by atoms with Crippen molar-refractivity contribution in [3.63, 3.8) is 0 Å². The molecule has 20 heavy (non-hydrogen) atoms. The van der Waals surface area contributed by atoms with E-state index >= 15 is 0 Å². The van der Waals surface area contributed by atoms with Gasteiger partial charge in [-0.1, -0.05) is 0 Å². The maximum absolute atomic E-state index is 12.6. The van der Waals surface area contributed by atoms with Gasteiger partial charge in [-0.3, -0.25) is 4.79 Å². The summed E-state index contributed by atoms with van der Waals surface area (Å²) >= 11 is 2.25. The van der Waals surface area contributed by atoms with Gasteiger partial charge in [0.15, 0.2) is 0 Å². The Labute approximate surface area is 134 Å². The van der Waals surface area contributed by atoms with Gasteiger partial charge in [0.2, 0.25) is 0 Å². The smallest absolute Gasteiger partial charge is 0.253 e. The standard InChI is InChI=1S/C15H21IN2O2/c1-20-10-9-18(11-14-3-2-8-17-14)15(19)12-4-6-13(16)7-5-12/h4-7,14,17H,2-3,8-11H2,1H3. The lowest BCUT2D eigenvalue weighted by Crippen LogP contribution is -2.42. The zero-order chi connectivity index (χ0) is 14.4. The first-order valence-electron chi connectivity index (χ1n) is 6.98. The zero-order valence-electron chi connectivity index (χ0n) is 11.8.